The van der Waals surface area contributed by atoms with Crippen LogP contribution >= 0.6 is 23.1 Å². The molecule has 0 aliphatic heterocycles. The van der Waals surface area contributed by atoms with Gasteiger partial charge in [0, 0.05) is 16.0 Å². The highest BCUT2D eigenvalue weighted by Crippen LogP contribution is 2.31. The second-order valence-corrected chi connectivity index (χ2v) is 5.82. The van der Waals surface area contributed by atoms with Gasteiger partial charge in [0.05, 0.1) is 5.56 Å². The molecule has 0 atom stereocenters. The fourth-order valence-electron chi connectivity index (χ4n) is 1.38. The first kappa shape index (κ1) is 12.1. The molecule has 0 saturated heterocycles. The summed E-state index contributed by atoms with van der Waals surface area (Å²) in [7, 11) is 0. The van der Waals surface area contributed by atoms with Crippen molar-refractivity contribution in [2.45, 2.75) is 23.1 Å². The van der Waals surface area contributed by atoms with Crippen molar-refractivity contribution in [2.24, 2.45) is 0 Å². The summed E-state index contributed by atoms with van der Waals surface area (Å²) in [6, 6.07) is 5.44. The van der Waals surface area contributed by atoms with E-state index in [-0.39, 0.29) is 0 Å². The lowest BCUT2D eigenvalue weighted by molar-refractivity contribution is 0.0696. The zero-order chi connectivity index (χ0) is 12.4. The van der Waals surface area contributed by atoms with Gasteiger partial charge in [-0.2, -0.15) is 0 Å². The standard InChI is InChI=1S/C12H11NO2S2/c1-7-3-4-9(5-10(7)11(14)15)17-12-13-8(2)6-16-12/h3-6H,1-2H3,(H,14,15). The second-order valence-electron chi connectivity index (χ2n) is 3.64. The summed E-state index contributed by atoms with van der Waals surface area (Å²) in [6.07, 6.45) is 0. The third-order valence-electron chi connectivity index (χ3n) is 2.24. The van der Waals surface area contributed by atoms with Gasteiger partial charge >= 0.3 is 5.97 Å². The molecule has 0 aliphatic carbocycles. The molecule has 17 heavy (non-hydrogen) atoms. The largest absolute Gasteiger partial charge is 0.478 e. The summed E-state index contributed by atoms with van der Waals surface area (Å²) >= 11 is 3.06. The number of benzene rings is 1. The number of carboxylic acid groups (broad SMARTS) is 1. The molecule has 1 aromatic carbocycles. The highest BCUT2D eigenvalue weighted by atomic mass is 32.2. The number of hydrogen-bond donors (Lipinski definition) is 1. The van der Waals surface area contributed by atoms with Crippen LogP contribution in [0.15, 0.2) is 32.8 Å². The normalized spacial score (nSPS) is 10.5. The van der Waals surface area contributed by atoms with E-state index in [0.29, 0.717) is 5.56 Å². The molecule has 0 aliphatic rings. The van der Waals surface area contributed by atoms with Gasteiger partial charge in [0.2, 0.25) is 0 Å². The number of aryl methyl sites for hydroxylation is 2. The van der Waals surface area contributed by atoms with Crippen LogP contribution in [-0.4, -0.2) is 16.1 Å². The molecule has 0 radical (unpaired) electrons. The summed E-state index contributed by atoms with van der Waals surface area (Å²) in [5.74, 6) is -0.889. The van der Waals surface area contributed by atoms with E-state index in [2.05, 4.69) is 4.98 Å². The van der Waals surface area contributed by atoms with E-state index in [1.807, 2.05) is 24.4 Å². The molecule has 0 unspecified atom stereocenters. The number of aromatic carboxylic acids is 1. The molecule has 0 bridgehead atoms. The van der Waals surface area contributed by atoms with Crippen LogP contribution in [0.1, 0.15) is 21.6 Å². The number of thiazole rings is 1. The van der Waals surface area contributed by atoms with Gasteiger partial charge in [-0.25, -0.2) is 9.78 Å². The summed E-state index contributed by atoms with van der Waals surface area (Å²) in [4.78, 5) is 16.3. The van der Waals surface area contributed by atoms with Crippen molar-refractivity contribution >= 4 is 29.1 Å². The molecule has 0 saturated carbocycles. The number of nitrogens with zero attached hydrogens (tertiary/aromatic N) is 1. The number of carboxylic acids is 1. The second kappa shape index (κ2) is 4.89. The van der Waals surface area contributed by atoms with Crippen molar-refractivity contribution < 1.29 is 9.90 Å². The van der Waals surface area contributed by atoms with E-state index in [1.165, 1.54) is 11.8 Å². The minimum Gasteiger partial charge on any atom is -0.478 e. The smallest absolute Gasteiger partial charge is 0.335 e. The van der Waals surface area contributed by atoms with Gasteiger partial charge in [0.1, 0.15) is 0 Å². The van der Waals surface area contributed by atoms with Gasteiger partial charge in [0.15, 0.2) is 4.34 Å². The molecule has 5 heteroatoms. The summed E-state index contributed by atoms with van der Waals surface area (Å²) in [5.41, 5.74) is 2.11. The number of rotatable bonds is 3. The summed E-state index contributed by atoms with van der Waals surface area (Å²) in [5, 5.41) is 11.0. The Labute approximate surface area is 108 Å². The highest BCUT2D eigenvalue weighted by molar-refractivity contribution is 8.01. The van der Waals surface area contributed by atoms with E-state index >= 15 is 0 Å². The van der Waals surface area contributed by atoms with Crippen LogP contribution in [0.3, 0.4) is 0 Å². The average molecular weight is 265 g/mol. The molecular weight excluding hydrogens is 254 g/mol. The van der Waals surface area contributed by atoms with Crippen molar-refractivity contribution in [3.05, 3.63) is 40.4 Å². The predicted molar refractivity (Wildman–Crippen MR) is 69.1 cm³/mol. The molecule has 1 heterocycles. The van der Waals surface area contributed by atoms with Crippen LogP contribution in [0.5, 0.6) is 0 Å². The minimum atomic E-state index is -0.889. The molecule has 3 nitrogen and oxygen atoms in total. The van der Waals surface area contributed by atoms with Crippen molar-refractivity contribution in [1.82, 2.24) is 4.98 Å². The van der Waals surface area contributed by atoms with E-state index in [0.717, 1.165) is 20.5 Å². The van der Waals surface area contributed by atoms with Crippen molar-refractivity contribution in [2.75, 3.05) is 0 Å². The third-order valence-corrected chi connectivity index (χ3v) is 4.29. The zero-order valence-corrected chi connectivity index (χ0v) is 11.1. The predicted octanol–water partition coefficient (Wildman–Crippen LogP) is 3.61. The van der Waals surface area contributed by atoms with Crippen molar-refractivity contribution in [3.8, 4) is 0 Å². The maximum absolute atomic E-state index is 11.0. The number of hydrogen-bond acceptors (Lipinski definition) is 4. The SMILES string of the molecule is Cc1csc(Sc2ccc(C)c(C(=O)O)c2)n1. The van der Waals surface area contributed by atoms with E-state index < -0.39 is 5.97 Å². The molecule has 88 valence electrons. The van der Waals surface area contributed by atoms with Gasteiger partial charge in [-0.15, -0.1) is 11.3 Å². The third kappa shape index (κ3) is 2.87. The van der Waals surface area contributed by atoms with Crippen LogP contribution < -0.4 is 0 Å². The molecule has 1 aromatic heterocycles. The van der Waals surface area contributed by atoms with Crippen LogP contribution in [0.4, 0.5) is 0 Å². The van der Waals surface area contributed by atoms with Gasteiger partial charge in [-0.3, -0.25) is 0 Å². The molecular formula is C12H11NO2S2. The maximum atomic E-state index is 11.0. The first-order valence-electron chi connectivity index (χ1n) is 5.00. The molecule has 2 aromatic rings. The zero-order valence-electron chi connectivity index (χ0n) is 9.43. The van der Waals surface area contributed by atoms with E-state index in [1.54, 1.807) is 24.3 Å². The minimum absolute atomic E-state index is 0.350. The van der Waals surface area contributed by atoms with Crippen molar-refractivity contribution in [1.29, 1.82) is 0 Å². The van der Waals surface area contributed by atoms with Crippen LogP contribution in [0.25, 0.3) is 0 Å². The molecule has 0 spiro atoms. The average Bonchev–Trinajstić information content (AvgIpc) is 2.66. The lowest BCUT2D eigenvalue weighted by Gasteiger charge is -2.03. The Morgan fingerprint density at radius 3 is 2.76 bits per heavy atom. The molecule has 1 N–H and O–H groups in total. The summed E-state index contributed by atoms with van der Waals surface area (Å²) < 4.78 is 0.933. The van der Waals surface area contributed by atoms with E-state index in [4.69, 9.17) is 5.11 Å². The first-order valence-corrected chi connectivity index (χ1v) is 6.70. The van der Waals surface area contributed by atoms with Crippen LogP contribution in [0.2, 0.25) is 0 Å². The van der Waals surface area contributed by atoms with Gasteiger partial charge in [-0.1, -0.05) is 17.8 Å². The maximum Gasteiger partial charge on any atom is 0.335 e. The van der Waals surface area contributed by atoms with Crippen LogP contribution in [-0.2, 0) is 0 Å². The molecule has 2 rings (SSSR count). The van der Waals surface area contributed by atoms with Gasteiger partial charge < -0.3 is 5.11 Å². The Bertz CT molecular complexity index is 563. The summed E-state index contributed by atoms with van der Waals surface area (Å²) in [6.45, 7) is 3.74. The van der Waals surface area contributed by atoms with Crippen molar-refractivity contribution in [3.63, 3.8) is 0 Å². The molecule has 0 fully saturated rings. The Kier molecular flexibility index (Phi) is 3.49. The Morgan fingerprint density at radius 2 is 2.18 bits per heavy atom. The topological polar surface area (TPSA) is 50.2 Å². The molecule has 0 amide bonds. The fraction of sp³-hybridized carbons (Fsp3) is 0.167. The highest BCUT2D eigenvalue weighted by Gasteiger charge is 2.09. The fourth-order valence-corrected chi connectivity index (χ4v) is 3.23. The van der Waals surface area contributed by atoms with Crippen LogP contribution in [0, 0.1) is 13.8 Å². The van der Waals surface area contributed by atoms with Gasteiger partial charge in [-0.05, 0) is 31.5 Å². The van der Waals surface area contributed by atoms with E-state index in [9.17, 15) is 4.79 Å². The Morgan fingerprint density at radius 1 is 1.41 bits per heavy atom. The van der Waals surface area contributed by atoms with Gasteiger partial charge in [0.25, 0.3) is 0 Å². The number of aromatic nitrogens is 1. The quantitative estimate of drug-likeness (QED) is 0.921. The lowest BCUT2D eigenvalue weighted by Crippen LogP contribution is -1.99. The monoisotopic (exact) mass is 265 g/mol. The number of carbonyl (C=O) groups is 1. The Hall–Kier alpha value is -1.33. The lowest BCUT2D eigenvalue weighted by atomic mass is 10.1. The Balaban J connectivity index is 2.28. The first-order chi connectivity index (χ1) is 8.06.